The first-order valence-corrected chi connectivity index (χ1v) is 14.9. The van der Waals surface area contributed by atoms with Crippen molar-refractivity contribution in [2.75, 3.05) is 25.2 Å². The highest BCUT2D eigenvalue weighted by molar-refractivity contribution is 7.59. The van der Waals surface area contributed by atoms with Crippen LogP contribution < -0.4 is 15.9 Å². The van der Waals surface area contributed by atoms with Gasteiger partial charge in [-0.15, -0.1) is 0 Å². The standard InChI is InChI=1S/C24H42N7O6P/c1-7-8-9-10-35-24(33)19(6)30-38(34,29-11-17(4)23(32)37-16(2)3)15-36-18(5)12-31-14-28-20-21(25)26-13-27-22(20)31/h13-14,16-19H,7-12,15H2,1-6H3,(H2,25,26,27)(H2,29,30,34)/t17-,18+,19-,38-/m0/s1. The quantitative estimate of drug-likeness (QED) is 0.148. The summed E-state index contributed by atoms with van der Waals surface area (Å²) in [7, 11) is -3.50. The molecule has 4 N–H and O–H groups in total. The lowest BCUT2D eigenvalue weighted by Crippen LogP contribution is -2.40. The molecule has 38 heavy (non-hydrogen) atoms. The summed E-state index contributed by atoms with van der Waals surface area (Å²) in [5.41, 5.74) is 6.90. The van der Waals surface area contributed by atoms with Crippen molar-refractivity contribution in [3.63, 3.8) is 0 Å². The van der Waals surface area contributed by atoms with Gasteiger partial charge in [0.25, 0.3) is 0 Å². The number of nitrogens with one attached hydrogen (secondary N) is 2. The highest BCUT2D eigenvalue weighted by Crippen LogP contribution is 2.37. The normalized spacial score (nSPS) is 15.7. The van der Waals surface area contributed by atoms with Crippen molar-refractivity contribution in [2.45, 2.75) is 85.6 Å². The summed E-state index contributed by atoms with van der Waals surface area (Å²) in [6, 6.07) is -0.857. The molecule has 0 aromatic carbocycles. The van der Waals surface area contributed by atoms with E-state index in [9.17, 15) is 14.2 Å². The molecule has 0 saturated carbocycles. The predicted octanol–water partition coefficient (Wildman–Crippen LogP) is 2.85. The van der Waals surface area contributed by atoms with Crippen LogP contribution in [0.3, 0.4) is 0 Å². The number of unbranched alkanes of at least 4 members (excludes halogenated alkanes) is 2. The molecule has 214 valence electrons. The Bertz CT molecular complexity index is 1100. The zero-order chi connectivity index (χ0) is 28.3. The Kier molecular flexibility index (Phi) is 12.6. The number of aromatic nitrogens is 4. The number of nitrogens with zero attached hydrogens (tertiary/aromatic N) is 4. The van der Waals surface area contributed by atoms with Gasteiger partial charge in [0.15, 0.2) is 11.5 Å². The number of nitrogens with two attached hydrogens (primary N) is 1. The SMILES string of the molecule is CCCCCOC(=O)[C@H](C)N[P@](=O)(CO[C@H](C)Cn1cnc2c(N)ncnc21)NC[C@H](C)C(=O)OC(C)C. The maximum absolute atomic E-state index is 13.9. The monoisotopic (exact) mass is 555 g/mol. The molecule has 0 aliphatic carbocycles. The van der Waals surface area contributed by atoms with Gasteiger partial charge >= 0.3 is 11.9 Å². The first kappa shape index (κ1) is 31.6. The molecule has 13 nitrogen and oxygen atoms in total. The zero-order valence-corrected chi connectivity index (χ0v) is 24.1. The van der Waals surface area contributed by atoms with Crippen LogP contribution in [0.5, 0.6) is 0 Å². The van der Waals surface area contributed by atoms with Gasteiger partial charge in [-0.3, -0.25) is 19.2 Å². The number of anilines is 1. The molecule has 2 aromatic heterocycles. The van der Waals surface area contributed by atoms with Crippen LogP contribution in [-0.4, -0.2) is 69.2 Å². The van der Waals surface area contributed by atoms with Crippen molar-refractivity contribution in [3.05, 3.63) is 12.7 Å². The van der Waals surface area contributed by atoms with Crippen LogP contribution in [0.15, 0.2) is 12.7 Å². The van der Waals surface area contributed by atoms with E-state index in [0.717, 1.165) is 19.3 Å². The third-order valence-corrected chi connectivity index (χ3v) is 7.59. The Morgan fingerprint density at radius 1 is 1.11 bits per heavy atom. The minimum atomic E-state index is -3.50. The fraction of sp³-hybridized carbons (Fsp3) is 0.708. The summed E-state index contributed by atoms with van der Waals surface area (Å²) in [5.74, 6) is -1.21. The fourth-order valence-electron chi connectivity index (χ4n) is 3.45. The molecule has 0 bridgehead atoms. The molecule has 2 aromatic rings. The van der Waals surface area contributed by atoms with Gasteiger partial charge in [0.05, 0.1) is 37.6 Å². The Balaban J connectivity index is 2.05. The van der Waals surface area contributed by atoms with E-state index in [1.54, 1.807) is 38.6 Å². The van der Waals surface area contributed by atoms with E-state index in [-0.39, 0.29) is 24.8 Å². The number of carbonyl (C=O) groups is 2. The molecule has 14 heteroatoms. The van der Waals surface area contributed by atoms with E-state index in [0.29, 0.717) is 24.3 Å². The fourth-order valence-corrected chi connectivity index (χ4v) is 5.48. The van der Waals surface area contributed by atoms with Crippen molar-refractivity contribution in [1.82, 2.24) is 29.7 Å². The number of esters is 2. The molecule has 4 atom stereocenters. The number of imidazole rings is 1. The van der Waals surface area contributed by atoms with E-state index >= 15 is 0 Å². The van der Waals surface area contributed by atoms with E-state index in [2.05, 4.69) is 32.1 Å². The minimum absolute atomic E-state index is 0.0637. The van der Waals surface area contributed by atoms with Crippen LogP contribution >= 0.6 is 7.44 Å². The number of nitrogen functional groups attached to an aromatic ring is 1. The Morgan fingerprint density at radius 3 is 2.53 bits per heavy atom. The molecule has 0 radical (unpaired) electrons. The van der Waals surface area contributed by atoms with Gasteiger partial charge < -0.3 is 24.5 Å². The van der Waals surface area contributed by atoms with Gasteiger partial charge in [-0.2, -0.15) is 0 Å². The molecule has 0 fully saturated rings. The second kappa shape index (κ2) is 15.1. The van der Waals surface area contributed by atoms with Crippen LogP contribution in [-0.2, 0) is 34.9 Å². The molecule has 2 heterocycles. The summed E-state index contributed by atoms with van der Waals surface area (Å²) in [5, 5.41) is 5.78. The van der Waals surface area contributed by atoms with E-state index < -0.39 is 37.4 Å². The third-order valence-electron chi connectivity index (χ3n) is 5.58. The lowest BCUT2D eigenvalue weighted by Gasteiger charge is -2.26. The number of hydrogen-bond donors (Lipinski definition) is 3. The number of fused-ring (bicyclic) bond motifs is 1. The molecule has 0 amide bonds. The van der Waals surface area contributed by atoms with Gasteiger partial charge in [-0.25, -0.2) is 20.0 Å². The maximum Gasteiger partial charge on any atom is 0.323 e. The Morgan fingerprint density at radius 2 is 1.84 bits per heavy atom. The Hall–Kier alpha value is -2.60. The predicted molar refractivity (Wildman–Crippen MR) is 144 cm³/mol. The smallest absolute Gasteiger partial charge is 0.323 e. The molecule has 0 aliphatic rings. The van der Waals surface area contributed by atoms with Crippen LogP contribution in [0.4, 0.5) is 5.82 Å². The van der Waals surface area contributed by atoms with Crippen LogP contribution in [0.25, 0.3) is 11.2 Å². The maximum atomic E-state index is 13.9. The highest BCUT2D eigenvalue weighted by Gasteiger charge is 2.30. The number of hydrogen-bond acceptors (Lipinski definition) is 10. The average Bonchev–Trinajstić information content (AvgIpc) is 3.27. The summed E-state index contributed by atoms with van der Waals surface area (Å²) in [6.45, 7) is 11.4. The molecule has 0 unspecified atom stereocenters. The van der Waals surface area contributed by atoms with Gasteiger partial charge in [0.2, 0.25) is 7.44 Å². The van der Waals surface area contributed by atoms with Gasteiger partial charge in [0, 0.05) is 6.54 Å². The third kappa shape index (κ3) is 9.94. The number of carbonyl (C=O) groups excluding carboxylic acids is 2. The van der Waals surface area contributed by atoms with Crippen molar-refractivity contribution in [2.24, 2.45) is 5.92 Å². The van der Waals surface area contributed by atoms with Crippen LogP contribution in [0.1, 0.15) is 60.8 Å². The second-order valence-electron chi connectivity index (χ2n) is 9.65. The Labute approximate surface area is 224 Å². The summed E-state index contributed by atoms with van der Waals surface area (Å²) in [4.78, 5) is 37.1. The van der Waals surface area contributed by atoms with Gasteiger partial charge in [0.1, 0.15) is 24.2 Å². The molecule has 2 rings (SSSR count). The van der Waals surface area contributed by atoms with E-state index in [1.165, 1.54) is 6.33 Å². The van der Waals surface area contributed by atoms with Crippen LogP contribution in [0, 0.1) is 5.92 Å². The van der Waals surface area contributed by atoms with Crippen molar-refractivity contribution < 1.29 is 28.4 Å². The average molecular weight is 556 g/mol. The molecule has 0 saturated heterocycles. The number of rotatable bonds is 17. The highest BCUT2D eigenvalue weighted by atomic mass is 31.2. The van der Waals surface area contributed by atoms with E-state index in [1.807, 2.05) is 6.92 Å². The first-order chi connectivity index (χ1) is 18.0. The molecule has 0 spiro atoms. The van der Waals surface area contributed by atoms with Crippen molar-refractivity contribution in [1.29, 1.82) is 0 Å². The zero-order valence-electron chi connectivity index (χ0n) is 23.2. The van der Waals surface area contributed by atoms with Crippen LogP contribution in [0.2, 0.25) is 0 Å². The molecule has 0 aliphatic heterocycles. The summed E-state index contributed by atoms with van der Waals surface area (Å²) < 4.78 is 32.1. The topological polar surface area (TPSA) is 173 Å². The largest absolute Gasteiger partial charge is 0.465 e. The minimum Gasteiger partial charge on any atom is -0.465 e. The van der Waals surface area contributed by atoms with Crippen molar-refractivity contribution in [3.8, 4) is 0 Å². The van der Waals surface area contributed by atoms with Crippen molar-refractivity contribution >= 4 is 36.4 Å². The lowest BCUT2D eigenvalue weighted by atomic mass is 10.2. The summed E-state index contributed by atoms with van der Waals surface area (Å²) in [6.07, 6.45) is 4.77. The first-order valence-electron chi connectivity index (χ1n) is 13.0. The van der Waals surface area contributed by atoms with E-state index in [4.69, 9.17) is 19.9 Å². The second-order valence-corrected chi connectivity index (χ2v) is 12.0. The molecular weight excluding hydrogens is 513 g/mol. The number of ether oxygens (including phenoxy) is 3. The van der Waals surface area contributed by atoms with Gasteiger partial charge in [-0.1, -0.05) is 26.7 Å². The molecular formula is C24H42N7O6P. The van der Waals surface area contributed by atoms with Gasteiger partial charge in [-0.05, 0) is 34.1 Å². The lowest BCUT2D eigenvalue weighted by molar-refractivity contribution is -0.151. The summed E-state index contributed by atoms with van der Waals surface area (Å²) >= 11 is 0.